The zero-order valence-electron chi connectivity index (χ0n) is 9.69. The maximum absolute atomic E-state index is 11.9. The topological polar surface area (TPSA) is 66.4 Å². The van der Waals surface area contributed by atoms with Gasteiger partial charge in [0.05, 0.1) is 11.5 Å². The standard InChI is InChI=1S/C11H17NO3S/c1-8-4-9(2)6-11(5-8)16(14,15)12-10(3)7-13/h4-6,10,12-13H,7H2,1-3H3/t10-/m1/s1. The van der Waals surface area contributed by atoms with Crippen molar-refractivity contribution in [1.82, 2.24) is 4.72 Å². The monoisotopic (exact) mass is 243 g/mol. The van der Waals surface area contributed by atoms with Crippen molar-refractivity contribution in [3.05, 3.63) is 29.3 Å². The molecule has 1 aromatic carbocycles. The van der Waals surface area contributed by atoms with Crippen LogP contribution in [0.1, 0.15) is 18.1 Å². The van der Waals surface area contributed by atoms with E-state index in [1.165, 1.54) is 0 Å². The third-order valence-electron chi connectivity index (χ3n) is 2.14. The number of nitrogens with one attached hydrogen (secondary N) is 1. The number of aryl methyl sites for hydroxylation is 2. The average Bonchev–Trinajstić information content (AvgIpc) is 2.15. The number of hydrogen-bond donors (Lipinski definition) is 2. The highest BCUT2D eigenvalue weighted by Crippen LogP contribution is 2.14. The Morgan fingerprint density at radius 1 is 1.25 bits per heavy atom. The Morgan fingerprint density at radius 2 is 1.75 bits per heavy atom. The molecule has 0 bridgehead atoms. The highest BCUT2D eigenvalue weighted by atomic mass is 32.2. The van der Waals surface area contributed by atoms with Gasteiger partial charge in [0, 0.05) is 6.04 Å². The molecule has 2 N–H and O–H groups in total. The minimum absolute atomic E-state index is 0.218. The molecule has 1 aromatic rings. The van der Waals surface area contributed by atoms with E-state index in [-0.39, 0.29) is 11.5 Å². The van der Waals surface area contributed by atoms with Gasteiger partial charge in [0.15, 0.2) is 0 Å². The number of rotatable bonds is 4. The van der Waals surface area contributed by atoms with Crippen molar-refractivity contribution in [2.45, 2.75) is 31.7 Å². The first-order valence-electron chi connectivity index (χ1n) is 5.06. The Kier molecular flexibility index (Phi) is 4.07. The second-order valence-electron chi connectivity index (χ2n) is 4.03. The van der Waals surface area contributed by atoms with Gasteiger partial charge in [-0.05, 0) is 44.0 Å². The number of aliphatic hydroxyl groups excluding tert-OH is 1. The van der Waals surface area contributed by atoms with Gasteiger partial charge in [-0.25, -0.2) is 13.1 Å². The lowest BCUT2D eigenvalue weighted by molar-refractivity contribution is 0.265. The predicted molar refractivity (Wildman–Crippen MR) is 62.8 cm³/mol. The molecule has 90 valence electrons. The molecule has 0 spiro atoms. The van der Waals surface area contributed by atoms with Crippen LogP contribution in [0.2, 0.25) is 0 Å². The molecule has 16 heavy (non-hydrogen) atoms. The third-order valence-corrected chi connectivity index (χ3v) is 3.70. The molecule has 0 saturated carbocycles. The molecular formula is C11H17NO3S. The van der Waals surface area contributed by atoms with Crippen LogP contribution in [0.5, 0.6) is 0 Å². The van der Waals surface area contributed by atoms with Crippen LogP contribution < -0.4 is 4.72 Å². The lowest BCUT2D eigenvalue weighted by Crippen LogP contribution is -2.35. The predicted octanol–water partition coefficient (Wildman–Crippen LogP) is 0.963. The second kappa shape index (κ2) is 4.95. The second-order valence-corrected chi connectivity index (χ2v) is 5.74. The summed E-state index contributed by atoms with van der Waals surface area (Å²) in [7, 11) is -3.53. The molecule has 1 atom stereocenters. The van der Waals surface area contributed by atoms with E-state index in [2.05, 4.69) is 4.72 Å². The van der Waals surface area contributed by atoms with Crippen molar-refractivity contribution < 1.29 is 13.5 Å². The van der Waals surface area contributed by atoms with E-state index < -0.39 is 16.1 Å². The summed E-state index contributed by atoms with van der Waals surface area (Å²) in [5.41, 5.74) is 1.80. The van der Waals surface area contributed by atoms with Crippen LogP contribution in [0, 0.1) is 13.8 Å². The molecule has 0 aliphatic heterocycles. The van der Waals surface area contributed by atoms with Crippen LogP contribution in [-0.2, 0) is 10.0 Å². The van der Waals surface area contributed by atoms with Gasteiger partial charge < -0.3 is 5.11 Å². The van der Waals surface area contributed by atoms with Gasteiger partial charge in [-0.1, -0.05) is 6.07 Å². The molecule has 0 fully saturated rings. The normalized spacial score (nSPS) is 13.8. The molecule has 0 saturated heterocycles. The Balaban J connectivity index is 3.07. The van der Waals surface area contributed by atoms with Crippen LogP contribution in [-0.4, -0.2) is 26.2 Å². The summed E-state index contributed by atoms with van der Waals surface area (Å²) in [5.74, 6) is 0. The molecular weight excluding hydrogens is 226 g/mol. The van der Waals surface area contributed by atoms with E-state index in [0.717, 1.165) is 11.1 Å². The first-order valence-corrected chi connectivity index (χ1v) is 6.55. The molecule has 4 nitrogen and oxygen atoms in total. The lowest BCUT2D eigenvalue weighted by Gasteiger charge is -2.12. The fraction of sp³-hybridized carbons (Fsp3) is 0.455. The molecule has 0 unspecified atom stereocenters. The maximum atomic E-state index is 11.9. The SMILES string of the molecule is Cc1cc(C)cc(S(=O)(=O)N[C@H](C)CO)c1. The van der Waals surface area contributed by atoms with Gasteiger partial charge >= 0.3 is 0 Å². The molecule has 0 aromatic heterocycles. The zero-order valence-corrected chi connectivity index (χ0v) is 10.5. The Labute approximate surface area is 96.4 Å². The van der Waals surface area contributed by atoms with Crippen molar-refractivity contribution >= 4 is 10.0 Å². The van der Waals surface area contributed by atoms with Crippen molar-refractivity contribution in [2.75, 3.05) is 6.61 Å². The van der Waals surface area contributed by atoms with Gasteiger partial charge in [0.25, 0.3) is 0 Å². The van der Waals surface area contributed by atoms with Crippen LogP contribution in [0.25, 0.3) is 0 Å². The summed E-state index contributed by atoms with van der Waals surface area (Å²) in [5, 5.41) is 8.83. The minimum atomic E-state index is -3.53. The van der Waals surface area contributed by atoms with Gasteiger partial charge in [0.2, 0.25) is 10.0 Å². The molecule has 0 heterocycles. The van der Waals surface area contributed by atoms with Gasteiger partial charge in [-0.15, -0.1) is 0 Å². The van der Waals surface area contributed by atoms with E-state index in [9.17, 15) is 8.42 Å². The first kappa shape index (κ1) is 13.2. The molecule has 0 aliphatic carbocycles. The molecule has 1 rings (SSSR count). The molecule has 0 radical (unpaired) electrons. The van der Waals surface area contributed by atoms with Crippen LogP contribution in [0.15, 0.2) is 23.1 Å². The molecule has 0 aliphatic rings. The number of sulfonamides is 1. The van der Waals surface area contributed by atoms with Gasteiger partial charge in [0.1, 0.15) is 0 Å². The van der Waals surface area contributed by atoms with Crippen molar-refractivity contribution in [2.24, 2.45) is 0 Å². The Morgan fingerprint density at radius 3 is 2.19 bits per heavy atom. The van der Waals surface area contributed by atoms with E-state index in [0.29, 0.717) is 0 Å². The minimum Gasteiger partial charge on any atom is -0.395 e. The van der Waals surface area contributed by atoms with Crippen molar-refractivity contribution in [3.63, 3.8) is 0 Å². The number of aliphatic hydroxyl groups is 1. The highest BCUT2D eigenvalue weighted by Gasteiger charge is 2.17. The van der Waals surface area contributed by atoms with E-state index in [4.69, 9.17) is 5.11 Å². The van der Waals surface area contributed by atoms with Gasteiger partial charge in [-0.2, -0.15) is 0 Å². The zero-order chi connectivity index (χ0) is 12.3. The maximum Gasteiger partial charge on any atom is 0.240 e. The summed E-state index contributed by atoms with van der Waals surface area (Å²) in [6.07, 6.45) is 0. The Hall–Kier alpha value is -0.910. The van der Waals surface area contributed by atoms with Crippen molar-refractivity contribution in [3.8, 4) is 0 Å². The third kappa shape index (κ3) is 3.30. The smallest absolute Gasteiger partial charge is 0.240 e. The van der Waals surface area contributed by atoms with Crippen LogP contribution in [0.3, 0.4) is 0 Å². The summed E-state index contributed by atoms with van der Waals surface area (Å²) in [6.45, 7) is 5.09. The molecule has 5 heteroatoms. The van der Waals surface area contributed by atoms with Gasteiger partial charge in [-0.3, -0.25) is 0 Å². The number of hydrogen-bond acceptors (Lipinski definition) is 3. The summed E-state index contributed by atoms with van der Waals surface area (Å²) in [6, 6.07) is 4.65. The Bertz CT molecular complexity index is 448. The fourth-order valence-corrected chi connectivity index (χ4v) is 2.88. The number of benzene rings is 1. The van der Waals surface area contributed by atoms with E-state index in [1.54, 1.807) is 19.1 Å². The highest BCUT2D eigenvalue weighted by molar-refractivity contribution is 7.89. The summed E-state index contributed by atoms with van der Waals surface area (Å²) >= 11 is 0. The van der Waals surface area contributed by atoms with Crippen LogP contribution >= 0.6 is 0 Å². The fourth-order valence-electron chi connectivity index (χ4n) is 1.46. The van der Waals surface area contributed by atoms with E-state index in [1.807, 2.05) is 19.9 Å². The lowest BCUT2D eigenvalue weighted by atomic mass is 10.2. The summed E-state index contributed by atoms with van der Waals surface area (Å²) < 4.78 is 26.2. The molecule has 0 amide bonds. The summed E-state index contributed by atoms with van der Waals surface area (Å²) in [4.78, 5) is 0.241. The quantitative estimate of drug-likeness (QED) is 0.828. The van der Waals surface area contributed by atoms with E-state index >= 15 is 0 Å². The first-order chi connectivity index (χ1) is 7.35. The average molecular weight is 243 g/mol. The largest absolute Gasteiger partial charge is 0.395 e. The van der Waals surface area contributed by atoms with Crippen LogP contribution in [0.4, 0.5) is 0 Å². The van der Waals surface area contributed by atoms with Crippen molar-refractivity contribution in [1.29, 1.82) is 0 Å².